The highest BCUT2D eigenvalue weighted by Gasteiger charge is 2.26. The lowest BCUT2D eigenvalue weighted by Crippen LogP contribution is -2.29. The molecule has 0 spiro atoms. The molecule has 0 amide bonds. The molecule has 0 aromatic carbocycles. The van der Waals surface area contributed by atoms with Gasteiger partial charge in [0.2, 0.25) is 0 Å². The Bertz CT molecular complexity index is 360. The zero-order valence-electron chi connectivity index (χ0n) is 11.2. The molecule has 1 saturated carbocycles. The quantitative estimate of drug-likeness (QED) is 0.755. The molecule has 1 fully saturated rings. The average Bonchev–Trinajstić information content (AvgIpc) is 3.20. The molecule has 0 bridgehead atoms. The smallest absolute Gasteiger partial charge is 0.133 e. The molecule has 1 heterocycles. The van der Waals surface area contributed by atoms with E-state index in [2.05, 4.69) is 30.7 Å². The maximum Gasteiger partial charge on any atom is 0.133 e. The molecule has 1 unspecified atom stereocenters. The SMILES string of the molecule is CCC(C)CN(CC)c1ccnc(C2CC2)n1. The van der Waals surface area contributed by atoms with E-state index in [9.17, 15) is 0 Å². The Morgan fingerprint density at radius 1 is 1.41 bits per heavy atom. The first-order valence-electron chi connectivity index (χ1n) is 6.82. The van der Waals surface area contributed by atoms with Crippen LogP contribution in [-0.2, 0) is 0 Å². The largest absolute Gasteiger partial charge is 0.357 e. The minimum Gasteiger partial charge on any atom is -0.357 e. The van der Waals surface area contributed by atoms with Crippen LogP contribution in [0.2, 0.25) is 0 Å². The molecule has 0 aliphatic heterocycles. The van der Waals surface area contributed by atoms with Crippen molar-refractivity contribution in [3.05, 3.63) is 18.1 Å². The summed E-state index contributed by atoms with van der Waals surface area (Å²) in [6, 6.07) is 2.04. The fourth-order valence-corrected chi connectivity index (χ4v) is 1.97. The predicted molar refractivity (Wildman–Crippen MR) is 71.3 cm³/mol. The Morgan fingerprint density at radius 3 is 2.76 bits per heavy atom. The number of aromatic nitrogens is 2. The van der Waals surface area contributed by atoms with Crippen molar-refractivity contribution in [2.75, 3.05) is 18.0 Å². The van der Waals surface area contributed by atoms with Gasteiger partial charge in [-0.15, -0.1) is 0 Å². The molecule has 0 N–H and O–H groups in total. The second-order valence-corrected chi connectivity index (χ2v) is 5.10. The molecule has 17 heavy (non-hydrogen) atoms. The van der Waals surface area contributed by atoms with Gasteiger partial charge >= 0.3 is 0 Å². The molecule has 3 heteroatoms. The highest BCUT2D eigenvalue weighted by molar-refractivity contribution is 5.38. The molecule has 3 nitrogen and oxygen atoms in total. The Hall–Kier alpha value is -1.12. The van der Waals surface area contributed by atoms with Gasteiger partial charge in [-0.2, -0.15) is 0 Å². The van der Waals surface area contributed by atoms with E-state index in [-0.39, 0.29) is 0 Å². The van der Waals surface area contributed by atoms with Gasteiger partial charge in [-0.05, 0) is 31.7 Å². The Balaban J connectivity index is 2.09. The molecule has 1 aromatic heterocycles. The summed E-state index contributed by atoms with van der Waals surface area (Å²) < 4.78 is 0. The van der Waals surface area contributed by atoms with E-state index in [0.29, 0.717) is 11.8 Å². The standard InChI is InChI=1S/C14H23N3/c1-4-11(3)10-17(5-2)13-8-9-15-14(16-13)12-6-7-12/h8-9,11-12H,4-7,10H2,1-3H3. The van der Waals surface area contributed by atoms with Gasteiger partial charge in [-0.3, -0.25) is 0 Å². The number of rotatable bonds is 6. The van der Waals surface area contributed by atoms with Crippen LogP contribution in [0.5, 0.6) is 0 Å². The highest BCUT2D eigenvalue weighted by Crippen LogP contribution is 2.38. The topological polar surface area (TPSA) is 29.0 Å². The molecular formula is C14H23N3. The lowest BCUT2D eigenvalue weighted by atomic mass is 10.1. The summed E-state index contributed by atoms with van der Waals surface area (Å²) in [4.78, 5) is 11.5. The number of nitrogens with zero attached hydrogens (tertiary/aromatic N) is 3. The minimum atomic E-state index is 0.636. The number of hydrogen-bond donors (Lipinski definition) is 0. The van der Waals surface area contributed by atoms with Crippen molar-refractivity contribution >= 4 is 5.82 Å². The van der Waals surface area contributed by atoms with Crippen LogP contribution in [-0.4, -0.2) is 23.1 Å². The third-order valence-electron chi connectivity index (χ3n) is 3.54. The van der Waals surface area contributed by atoms with Crippen molar-refractivity contribution in [3.63, 3.8) is 0 Å². The summed E-state index contributed by atoms with van der Waals surface area (Å²) in [6.07, 6.45) is 5.66. The van der Waals surface area contributed by atoms with Gasteiger partial charge in [-0.1, -0.05) is 20.3 Å². The van der Waals surface area contributed by atoms with Gasteiger partial charge in [0.05, 0.1) is 0 Å². The van der Waals surface area contributed by atoms with Gasteiger partial charge in [0.15, 0.2) is 0 Å². The van der Waals surface area contributed by atoms with E-state index in [1.165, 1.54) is 19.3 Å². The first-order chi connectivity index (χ1) is 8.24. The number of anilines is 1. The average molecular weight is 233 g/mol. The van der Waals surface area contributed by atoms with Crippen molar-refractivity contribution in [3.8, 4) is 0 Å². The van der Waals surface area contributed by atoms with E-state index in [4.69, 9.17) is 4.98 Å². The Morgan fingerprint density at radius 2 is 2.18 bits per heavy atom. The molecule has 1 aromatic rings. The van der Waals surface area contributed by atoms with Crippen LogP contribution >= 0.6 is 0 Å². The summed E-state index contributed by atoms with van der Waals surface area (Å²) >= 11 is 0. The molecule has 1 aliphatic rings. The van der Waals surface area contributed by atoms with Crippen molar-refractivity contribution in [1.29, 1.82) is 0 Å². The van der Waals surface area contributed by atoms with E-state index in [1.807, 2.05) is 12.3 Å². The zero-order valence-corrected chi connectivity index (χ0v) is 11.2. The molecule has 1 atom stereocenters. The molecule has 2 rings (SSSR count). The van der Waals surface area contributed by atoms with Crippen LogP contribution in [0.3, 0.4) is 0 Å². The summed E-state index contributed by atoms with van der Waals surface area (Å²) in [7, 11) is 0. The second kappa shape index (κ2) is 5.48. The lowest BCUT2D eigenvalue weighted by molar-refractivity contribution is 0.545. The number of hydrogen-bond acceptors (Lipinski definition) is 3. The van der Waals surface area contributed by atoms with Crippen molar-refractivity contribution in [2.24, 2.45) is 5.92 Å². The molecule has 1 aliphatic carbocycles. The first-order valence-corrected chi connectivity index (χ1v) is 6.82. The van der Waals surface area contributed by atoms with Crippen molar-refractivity contribution in [2.45, 2.75) is 46.0 Å². The third-order valence-corrected chi connectivity index (χ3v) is 3.54. The summed E-state index contributed by atoms with van der Waals surface area (Å²) in [5.41, 5.74) is 0. The fraction of sp³-hybridized carbons (Fsp3) is 0.714. The molecule has 94 valence electrons. The van der Waals surface area contributed by atoms with Crippen molar-refractivity contribution in [1.82, 2.24) is 9.97 Å². The third kappa shape index (κ3) is 3.18. The van der Waals surface area contributed by atoms with Gasteiger partial charge in [0, 0.05) is 25.2 Å². The zero-order chi connectivity index (χ0) is 12.3. The molecule has 0 saturated heterocycles. The van der Waals surface area contributed by atoms with Crippen molar-refractivity contribution < 1.29 is 0 Å². The van der Waals surface area contributed by atoms with Crippen LogP contribution in [0.25, 0.3) is 0 Å². The predicted octanol–water partition coefficient (Wildman–Crippen LogP) is 3.23. The highest BCUT2D eigenvalue weighted by atomic mass is 15.2. The summed E-state index contributed by atoms with van der Waals surface area (Å²) in [6.45, 7) is 8.85. The monoisotopic (exact) mass is 233 g/mol. The van der Waals surface area contributed by atoms with Gasteiger partial charge in [0.1, 0.15) is 11.6 Å². The van der Waals surface area contributed by atoms with Crippen LogP contribution in [0.15, 0.2) is 12.3 Å². The minimum absolute atomic E-state index is 0.636. The fourth-order valence-electron chi connectivity index (χ4n) is 1.97. The van der Waals surface area contributed by atoms with E-state index in [1.54, 1.807) is 0 Å². The Labute approximate surface area is 104 Å². The summed E-state index contributed by atoms with van der Waals surface area (Å²) in [5.74, 6) is 3.50. The van der Waals surface area contributed by atoms with Gasteiger partial charge in [-0.25, -0.2) is 9.97 Å². The maximum absolute atomic E-state index is 4.71. The normalized spacial score (nSPS) is 16.9. The van der Waals surface area contributed by atoms with Crippen LogP contribution in [0, 0.1) is 5.92 Å². The van der Waals surface area contributed by atoms with Crippen LogP contribution in [0.1, 0.15) is 51.8 Å². The first kappa shape index (κ1) is 12.3. The maximum atomic E-state index is 4.71. The van der Waals surface area contributed by atoms with E-state index in [0.717, 1.165) is 24.7 Å². The lowest BCUT2D eigenvalue weighted by Gasteiger charge is -2.25. The summed E-state index contributed by atoms with van der Waals surface area (Å²) in [5, 5.41) is 0. The molecule has 0 radical (unpaired) electrons. The van der Waals surface area contributed by atoms with E-state index < -0.39 is 0 Å². The van der Waals surface area contributed by atoms with Crippen LogP contribution in [0.4, 0.5) is 5.82 Å². The van der Waals surface area contributed by atoms with Gasteiger partial charge in [0.25, 0.3) is 0 Å². The Kier molecular flexibility index (Phi) is 3.97. The van der Waals surface area contributed by atoms with E-state index >= 15 is 0 Å². The van der Waals surface area contributed by atoms with Gasteiger partial charge < -0.3 is 4.90 Å². The molecular weight excluding hydrogens is 210 g/mol. The van der Waals surface area contributed by atoms with Crippen LogP contribution < -0.4 is 4.90 Å². The second-order valence-electron chi connectivity index (χ2n) is 5.10.